The Hall–Kier alpha value is -1.83. The minimum atomic E-state index is -0.243. The average Bonchev–Trinajstić information content (AvgIpc) is 2.21. The van der Waals surface area contributed by atoms with Crippen LogP contribution >= 0.6 is 0 Å². The molecule has 1 unspecified atom stereocenters. The summed E-state index contributed by atoms with van der Waals surface area (Å²) in [6.45, 7) is 2.01. The molecule has 0 aliphatic rings. The second kappa shape index (κ2) is 4.42. The zero-order valence-corrected chi connectivity index (χ0v) is 8.10. The molecule has 74 valence electrons. The Kier molecular flexibility index (Phi) is 3.24. The van der Waals surface area contributed by atoms with Crippen LogP contribution in [0.25, 0.3) is 0 Å². The van der Waals surface area contributed by atoms with Gasteiger partial charge in [-0.15, -0.1) is 5.10 Å². The Labute approximate surface area is 81.5 Å². The van der Waals surface area contributed by atoms with E-state index >= 15 is 0 Å². The van der Waals surface area contributed by atoms with E-state index in [2.05, 4.69) is 5.10 Å². The maximum absolute atomic E-state index is 11.3. The second-order valence-electron chi connectivity index (χ2n) is 2.93. The van der Waals surface area contributed by atoms with Gasteiger partial charge in [0, 0.05) is 12.1 Å². The van der Waals surface area contributed by atoms with Crippen LogP contribution in [0.1, 0.15) is 6.92 Å². The molecule has 0 saturated carbocycles. The summed E-state index contributed by atoms with van der Waals surface area (Å²) in [6, 6.07) is 4.90. The van der Waals surface area contributed by atoms with Crippen molar-refractivity contribution in [3.8, 4) is 11.9 Å². The SMILES string of the molecule is COc1ccc(=O)n(CC(C)C#N)n1. The molecular formula is C9H11N3O2. The number of hydrogen-bond acceptors (Lipinski definition) is 4. The van der Waals surface area contributed by atoms with Crippen molar-refractivity contribution in [1.29, 1.82) is 5.26 Å². The van der Waals surface area contributed by atoms with Crippen molar-refractivity contribution >= 4 is 0 Å². The van der Waals surface area contributed by atoms with E-state index in [1.54, 1.807) is 6.92 Å². The van der Waals surface area contributed by atoms with Gasteiger partial charge in [0.1, 0.15) is 0 Å². The van der Waals surface area contributed by atoms with E-state index in [0.29, 0.717) is 5.88 Å². The van der Waals surface area contributed by atoms with Crippen LogP contribution < -0.4 is 10.3 Å². The van der Waals surface area contributed by atoms with E-state index in [4.69, 9.17) is 10.00 Å². The average molecular weight is 193 g/mol. The molecule has 0 fully saturated rings. The molecule has 14 heavy (non-hydrogen) atoms. The molecule has 1 heterocycles. The smallest absolute Gasteiger partial charge is 0.267 e. The summed E-state index contributed by atoms with van der Waals surface area (Å²) in [6.07, 6.45) is 0. The molecular weight excluding hydrogens is 182 g/mol. The van der Waals surface area contributed by atoms with Crippen LogP contribution in [0.3, 0.4) is 0 Å². The first-order valence-corrected chi connectivity index (χ1v) is 4.19. The largest absolute Gasteiger partial charge is 0.480 e. The predicted octanol–water partition coefficient (Wildman–Crippen LogP) is 0.412. The van der Waals surface area contributed by atoms with E-state index < -0.39 is 0 Å². The van der Waals surface area contributed by atoms with E-state index in [1.807, 2.05) is 6.07 Å². The Morgan fingerprint density at radius 3 is 3.00 bits per heavy atom. The fourth-order valence-corrected chi connectivity index (χ4v) is 0.970. The zero-order chi connectivity index (χ0) is 10.6. The monoisotopic (exact) mass is 193 g/mol. The van der Waals surface area contributed by atoms with E-state index in [-0.39, 0.29) is 18.0 Å². The van der Waals surface area contributed by atoms with Gasteiger partial charge in [0.05, 0.1) is 25.6 Å². The van der Waals surface area contributed by atoms with Crippen LogP contribution in [0.5, 0.6) is 5.88 Å². The summed E-state index contributed by atoms with van der Waals surface area (Å²) >= 11 is 0. The van der Waals surface area contributed by atoms with Crippen molar-refractivity contribution in [1.82, 2.24) is 9.78 Å². The van der Waals surface area contributed by atoms with Gasteiger partial charge in [0.2, 0.25) is 5.88 Å². The Balaban J connectivity index is 2.96. The molecule has 0 N–H and O–H groups in total. The van der Waals surface area contributed by atoms with Gasteiger partial charge in [0.15, 0.2) is 0 Å². The third-order valence-corrected chi connectivity index (χ3v) is 1.72. The van der Waals surface area contributed by atoms with Crippen molar-refractivity contribution in [3.63, 3.8) is 0 Å². The minimum Gasteiger partial charge on any atom is -0.480 e. The quantitative estimate of drug-likeness (QED) is 0.697. The number of aromatic nitrogens is 2. The van der Waals surface area contributed by atoms with Crippen molar-refractivity contribution in [2.75, 3.05) is 7.11 Å². The number of rotatable bonds is 3. The molecule has 0 amide bonds. The molecule has 5 heteroatoms. The molecule has 0 bridgehead atoms. The number of methoxy groups -OCH3 is 1. The third kappa shape index (κ3) is 2.33. The summed E-state index contributed by atoms with van der Waals surface area (Å²) in [5.74, 6) is 0.127. The molecule has 5 nitrogen and oxygen atoms in total. The Bertz CT molecular complexity index is 405. The maximum atomic E-state index is 11.3. The van der Waals surface area contributed by atoms with Gasteiger partial charge in [0.25, 0.3) is 5.56 Å². The minimum absolute atomic E-state index is 0.229. The van der Waals surface area contributed by atoms with Gasteiger partial charge in [-0.05, 0) is 6.92 Å². The first-order valence-electron chi connectivity index (χ1n) is 4.19. The maximum Gasteiger partial charge on any atom is 0.267 e. The molecule has 0 aliphatic heterocycles. The second-order valence-corrected chi connectivity index (χ2v) is 2.93. The van der Waals surface area contributed by atoms with E-state index in [9.17, 15) is 4.79 Å². The Morgan fingerprint density at radius 1 is 1.71 bits per heavy atom. The van der Waals surface area contributed by atoms with Crippen molar-refractivity contribution in [2.24, 2.45) is 5.92 Å². The zero-order valence-electron chi connectivity index (χ0n) is 8.10. The van der Waals surface area contributed by atoms with Crippen molar-refractivity contribution in [3.05, 3.63) is 22.5 Å². The molecule has 0 aromatic carbocycles. The summed E-state index contributed by atoms with van der Waals surface area (Å²) in [7, 11) is 1.48. The van der Waals surface area contributed by atoms with Gasteiger partial charge in [-0.25, -0.2) is 4.68 Å². The van der Waals surface area contributed by atoms with E-state index in [0.717, 1.165) is 0 Å². The highest BCUT2D eigenvalue weighted by atomic mass is 16.5. The first-order chi connectivity index (χ1) is 6.67. The highest BCUT2D eigenvalue weighted by Gasteiger charge is 2.05. The molecule has 1 rings (SSSR count). The lowest BCUT2D eigenvalue weighted by Gasteiger charge is -2.06. The summed E-state index contributed by atoms with van der Waals surface area (Å²) in [4.78, 5) is 11.3. The lowest BCUT2D eigenvalue weighted by molar-refractivity contribution is 0.369. The summed E-state index contributed by atoms with van der Waals surface area (Å²) in [5.41, 5.74) is -0.229. The molecule has 1 atom stereocenters. The van der Waals surface area contributed by atoms with Crippen molar-refractivity contribution in [2.45, 2.75) is 13.5 Å². The standard InChI is InChI=1S/C9H11N3O2/c1-7(5-10)6-12-9(13)4-3-8(11-12)14-2/h3-4,7H,6H2,1-2H3. The normalized spacial score (nSPS) is 11.8. The van der Waals surface area contributed by atoms with Crippen LogP contribution in [-0.2, 0) is 6.54 Å². The molecule has 0 saturated heterocycles. The number of nitriles is 1. The number of ether oxygens (including phenoxy) is 1. The van der Waals surface area contributed by atoms with Crippen LogP contribution in [0.15, 0.2) is 16.9 Å². The van der Waals surface area contributed by atoms with Crippen LogP contribution in [-0.4, -0.2) is 16.9 Å². The summed E-state index contributed by atoms with van der Waals surface area (Å²) < 4.78 is 6.10. The van der Waals surface area contributed by atoms with Gasteiger partial charge in [-0.1, -0.05) is 0 Å². The van der Waals surface area contributed by atoms with Gasteiger partial charge < -0.3 is 4.74 Å². The fraction of sp³-hybridized carbons (Fsp3) is 0.444. The Morgan fingerprint density at radius 2 is 2.43 bits per heavy atom. The van der Waals surface area contributed by atoms with Gasteiger partial charge in [-0.2, -0.15) is 5.26 Å². The van der Waals surface area contributed by atoms with Gasteiger partial charge >= 0.3 is 0 Å². The highest BCUT2D eigenvalue weighted by Crippen LogP contribution is 2.01. The van der Waals surface area contributed by atoms with Gasteiger partial charge in [-0.3, -0.25) is 4.79 Å². The fourth-order valence-electron chi connectivity index (χ4n) is 0.970. The molecule has 0 spiro atoms. The van der Waals surface area contributed by atoms with Crippen LogP contribution in [0.4, 0.5) is 0 Å². The van der Waals surface area contributed by atoms with E-state index in [1.165, 1.54) is 23.9 Å². The number of hydrogen-bond donors (Lipinski definition) is 0. The third-order valence-electron chi connectivity index (χ3n) is 1.72. The first kappa shape index (κ1) is 10.3. The highest BCUT2D eigenvalue weighted by molar-refractivity contribution is 5.06. The molecule has 0 radical (unpaired) electrons. The predicted molar refractivity (Wildman–Crippen MR) is 49.8 cm³/mol. The molecule has 1 aromatic heterocycles. The number of nitrogens with zero attached hydrogens (tertiary/aromatic N) is 3. The van der Waals surface area contributed by atoms with Crippen LogP contribution in [0.2, 0.25) is 0 Å². The lowest BCUT2D eigenvalue weighted by Crippen LogP contribution is -2.24. The summed E-state index contributed by atoms with van der Waals surface area (Å²) in [5, 5.41) is 12.5. The molecule has 0 aliphatic carbocycles. The van der Waals surface area contributed by atoms with Crippen molar-refractivity contribution < 1.29 is 4.74 Å². The molecule has 1 aromatic rings. The lowest BCUT2D eigenvalue weighted by atomic mass is 10.2. The topological polar surface area (TPSA) is 67.9 Å². The van der Waals surface area contributed by atoms with Crippen LogP contribution in [0, 0.1) is 17.2 Å².